The lowest BCUT2D eigenvalue weighted by atomic mass is 9.45. The van der Waals surface area contributed by atoms with Crippen LogP contribution in [0.3, 0.4) is 0 Å². The molecule has 4 fully saturated rings. The molecule has 5 heteroatoms. The molecule has 1 aromatic carbocycles. The standard InChI is InChI=1S/C23H32N2O3/c1-15-19-13-17(23(19,2)3)14-20(15)28-21(26)16-9-11-25(12-10-16)22(27)24-18-7-5-4-6-8-18/h4-8,15-17,19-20H,9-14H2,1-3H3,(H,24,27). The number of ether oxygens (including phenoxy) is 1. The number of likely N-dealkylation sites (tertiary alicyclic amines) is 1. The van der Waals surface area contributed by atoms with Crippen LogP contribution in [0.25, 0.3) is 0 Å². The number of hydrogen-bond donors (Lipinski definition) is 1. The number of rotatable bonds is 3. The highest BCUT2D eigenvalue weighted by molar-refractivity contribution is 5.89. The highest BCUT2D eigenvalue weighted by Crippen LogP contribution is 2.61. The van der Waals surface area contributed by atoms with Gasteiger partial charge in [0, 0.05) is 18.8 Å². The Morgan fingerprint density at radius 3 is 2.39 bits per heavy atom. The lowest BCUT2D eigenvalue weighted by molar-refractivity contribution is -0.190. The van der Waals surface area contributed by atoms with E-state index >= 15 is 0 Å². The molecule has 4 unspecified atom stereocenters. The molecule has 152 valence electrons. The van der Waals surface area contributed by atoms with Crippen LogP contribution < -0.4 is 5.32 Å². The fourth-order valence-electron chi connectivity index (χ4n) is 5.55. The maximum atomic E-state index is 12.7. The van der Waals surface area contributed by atoms with Crippen LogP contribution in [-0.4, -0.2) is 36.1 Å². The third-order valence-corrected chi connectivity index (χ3v) is 7.69. The molecule has 0 spiro atoms. The lowest BCUT2D eigenvalue weighted by Crippen LogP contribution is -2.57. The Balaban J connectivity index is 1.25. The summed E-state index contributed by atoms with van der Waals surface area (Å²) in [4.78, 5) is 26.9. The highest BCUT2D eigenvalue weighted by atomic mass is 16.5. The normalized spacial score (nSPS) is 31.6. The maximum absolute atomic E-state index is 12.7. The van der Waals surface area contributed by atoms with Gasteiger partial charge in [0.15, 0.2) is 0 Å². The summed E-state index contributed by atoms with van der Waals surface area (Å²) in [7, 11) is 0. The van der Waals surface area contributed by atoms with E-state index in [4.69, 9.17) is 4.74 Å². The Labute approximate surface area is 167 Å². The lowest BCUT2D eigenvalue weighted by Gasteiger charge is -2.61. The monoisotopic (exact) mass is 384 g/mol. The van der Waals surface area contributed by atoms with Gasteiger partial charge in [-0.25, -0.2) is 4.79 Å². The second-order valence-corrected chi connectivity index (χ2v) is 9.49. The predicted octanol–water partition coefficient (Wildman–Crippen LogP) is 4.54. The minimum atomic E-state index is -0.0961. The zero-order valence-corrected chi connectivity index (χ0v) is 17.2. The summed E-state index contributed by atoms with van der Waals surface area (Å²) in [6.07, 6.45) is 3.73. The molecule has 4 aliphatic rings. The molecule has 5 rings (SSSR count). The van der Waals surface area contributed by atoms with Crippen molar-refractivity contribution < 1.29 is 14.3 Å². The number of fused-ring (bicyclic) bond motifs is 2. The van der Waals surface area contributed by atoms with Crippen molar-refractivity contribution >= 4 is 17.7 Å². The van der Waals surface area contributed by atoms with Gasteiger partial charge in [0.1, 0.15) is 6.10 Å². The van der Waals surface area contributed by atoms with Gasteiger partial charge in [0.25, 0.3) is 0 Å². The number of para-hydroxylation sites is 1. The number of carbonyl (C=O) groups excluding carboxylic acids is 2. The van der Waals surface area contributed by atoms with Gasteiger partial charge >= 0.3 is 12.0 Å². The van der Waals surface area contributed by atoms with Crippen LogP contribution in [0, 0.1) is 29.1 Å². The molecule has 3 aliphatic carbocycles. The van der Waals surface area contributed by atoms with E-state index in [-0.39, 0.29) is 24.0 Å². The van der Waals surface area contributed by atoms with E-state index in [0.29, 0.717) is 49.1 Å². The number of amides is 2. The molecule has 28 heavy (non-hydrogen) atoms. The van der Waals surface area contributed by atoms with Crippen molar-refractivity contribution in [1.82, 2.24) is 4.90 Å². The largest absolute Gasteiger partial charge is 0.462 e. The van der Waals surface area contributed by atoms with Crippen LogP contribution in [0.4, 0.5) is 10.5 Å². The fourth-order valence-corrected chi connectivity index (χ4v) is 5.55. The highest BCUT2D eigenvalue weighted by Gasteiger charge is 2.57. The van der Waals surface area contributed by atoms with E-state index in [1.165, 1.54) is 6.42 Å². The first-order valence-corrected chi connectivity index (χ1v) is 10.7. The predicted molar refractivity (Wildman–Crippen MR) is 109 cm³/mol. The van der Waals surface area contributed by atoms with Gasteiger partial charge < -0.3 is 15.0 Å². The number of benzene rings is 1. The van der Waals surface area contributed by atoms with Gasteiger partial charge in [0.2, 0.25) is 0 Å². The van der Waals surface area contributed by atoms with E-state index in [1.807, 2.05) is 30.3 Å². The van der Waals surface area contributed by atoms with E-state index in [9.17, 15) is 9.59 Å². The summed E-state index contributed by atoms with van der Waals surface area (Å²) in [5, 5.41) is 2.92. The minimum absolute atomic E-state index is 0.0564. The van der Waals surface area contributed by atoms with Crippen molar-refractivity contribution in [3.63, 3.8) is 0 Å². The molecule has 0 radical (unpaired) electrons. The number of carbonyl (C=O) groups is 2. The van der Waals surface area contributed by atoms with Crippen LogP contribution in [0.5, 0.6) is 0 Å². The zero-order valence-electron chi connectivity index (χ0n) is 17.2. The quantitative estimate of drug-likeness (QED) is 0.778. The smallest absolute Gasteiger partial charge is 0.321 e. The van der Waals surface area contributed by atoms with E-state index in [0.717, 1.165) is 12.1 Å². The Kier molecular flexibility index (Phi) is 5.11. The molecule has 5 nitrogen and oxygen atoms in total. The molecule has 1 aliphatic heterocycles. The number of piperidine rings is 1. The summed E-state index contributed by atoms with van der Waals surface area (Å²) in [5.74, 6) is 1.67. The zero-order chi connectivity index (χ0) is 19.9. The number of urea groups is 1. The number of nitrogens with one attached hydrogen (secondary N) is 1. The van der Waals surface area contributed by atoms with Gasteiger partial charge in [-0.3, -0.25) is 4.79 Å². The van der Waals surface area contributed by atoms with Crippen molar-refractivity contribution in [2.45, 2.75) is 52.6 Å². The summed E-state index contributed by atoms with van der Waals surface area (Å²) in [6, 6.07) is 9.37. The average Bonchev–Trinajstić information content (AvgIpc) is 2.69. The second-order valence-electron chi connectivity index (χ2n) is 9.49. The number of anilines is 1. The average molecular weight is 385 g/mol. The molecule has 1 aromatic rings. The van der Waals surface area contributed by atoms with E-state index in [2.05, 4.69) is 26.1 Å². The van der Waals surface area contributed by atoms with Crippen molar-refractivity contribution in [1.29, 1.82) is 0 Å². The molecule has 3 saturated carbocycles. The molecule has 0 aromatic heterocycles. The topological polar surface area (TPSA) is 58.6 Å². The Morgan fingerprint density at radius 2 is 1.79 bits per heavy atom. The molecule has 2 amide bonds. The molecule has 1 N–H and O–H groups in total. The SMILES string of the molecule is CC1C(OC(=O)C2CCN(C(=O)Nc3ccccc3)CC2)CC2CC1C2(C)C. The second kappa shape index (κ2) is 7.41. The number of esters is 1. The maximum Gasteiger partial charge on any atom is 0.321 e. The summed E-state index contributed by atoms with van der Waals surface area (Å²) < 4.78 is 5.97. The molecular weight excluding hydrogens is 352 g/mol. The Hall–Kier alpha value is -2.04. The summed E-state index contributed by atoms with van der Waals surface area (Å²) in [5.41, 5.74) is 1.20. The van der Waals surface area contributed by atoms with E-state index < -0.39 is 0 Å². The Morgan fingerprint density at radius 1 is 1.11 bits per heavy atom. The molecular formula is C23H32N2O3. The third-order valence-electron chi connectivity index (χ3n) is 7.69. The fraction of sp³-hybridized carbons (Fsp3) is 0.652. The van der Waals surface area contributed by atoms with Crippen molar-refractivity contribution in [3.05, 3.63) is 30.3 Å². The van der Waals surface area contributed by atoms with Crippen molar-refractivity contribution in [2.75, 3.05) is 18.4 Å². The molecule has 4 atom stereocenters. The minimum Gasteiger partial charge on any atom is -0.462 e. The van der Waals surface area contributed by atoms with Crippen LogP contribution >= 0.6 is 0 Å². The number of hydrogen-bond acceptors (Lipinski definition) is 3. The van der Waals surface area contributed by atoms with Crippen LogP contribution in [0.1, 0.15) is 46.5 Å². The van der Waals surface area contributed by atoms with Gasteiger partial charge in [-0.05, 0) is 61.0 Å². The molecule has 1 saturated heterocycles. The van der Waals surface area contributed by atoms with Crippen molar-refractivity contribution in [2.24, 2.45) is 29.1 Å². The Bertz CT molecular complexity index is 725. The first-order chi connectivity index (χ1) is 13.4. The van der Waals surface area contributed by atoms with E-state index in [1.54, 1.807) is 4.90 Å². The van der Waals surface area contributed by atoms with Gasteiger partial charge in [-0.15, -0.1) is 0 Å². The third kappa shape index (κ3) is 3.51. The van der Waals surface area contributed by atoms with Gasteiger partial charge in [-0.1, -0.05) is 39.0 Å². The molecule has 2 bridgehead atoms. The van der Waals surface area contributed by atoms with Crippen LogP contribution in [0.2, 0.25) is 0 Å². The van der Waals surface area contributed by atoms with Crippen LogP contribution in [0.15, 0.2) is 30.3 Å². The van der Waals surface area contributed by atoms with Gasteiger partial charge in [0.05, 0.1) is 5.92 Å². The van der Waals surface area contributed by atoms with Gasteiger partial charge in [-0.2, -0.15) is 0 Å². The van der Waals surface area contributed by atoms with Crippen LogP contribution in [-0.2, 0) is 9.53 Å². The first-order valence-electron chi connectivity index (χ1n) is 10.7. The summed E-state index contributed by atoms with van der Waals surface area (Å²) in [6.45, 7) is 8.15. The molecule has 1 heterocycles. The number of nitrogens with zero attached hydrogens (tertiary/aromatic N) is 1. The summed E-state index contributed by atoms with van der Waals surface area (Å²) >= 11 is 0. The first kappa shape index (κ1) is 19.3. The van der Waals surface area contributed by atoms with Crippen molar-refractivity contribution in [3.8, 4) is 0 Å².